The summed E-state index contributed by atoms with van der Waals surface area (Å²) in [5, 5.41) is 0. The molecule has 0 radical (unpaired) electrons. The monoisotopic (exact) mass is 313 g/mol. The fourth-order valence-electron chi connectivity index (χ4n) is 3.83. The van der Waals surface area contributed by atoms with Crippen molar-refractivity contribution >= 4 is 10.0 Å². The quantitative estimate of drug-likeness (QED) is 0.811. The van der Waals surface area contributed by atoms with Crippen molar-refractivity contribution in [2.75, 3.05) is 6.54 Å². The Morgan fingerprint density at radius 2 is 1.86 bits per heavy atom. The lowest BCUT2D eigenvalue weighted by Gasteiger charge is -2.30. The van der Waals surface area contributed by atoms with Gasteiger partial charge in [-0.2, -0.15) is 4.31 Å². The summed E-state index contributed by atoms with van der Waals surface area (Å²) >= 11 is 0. The van der Waals surface area contributed by atoms with E-state index >= 15 is 0 Å². The highest BCUT2D eigenvalue weighted by Crippen LogP contribution is 2.41. The first-order valence-electron chi connectivity index (χ1n) is 7.72. The van der Waals surface area contributed by atoms with Crippen LogP contribution in [0, 0.1) is 6.92 Å². The Morgan fingerprint density at radius 3 is 2.64 bits per heavy atom. The van der Waals surface area contributed by atoms with Gasteiger partial charge >= 0.3 is 0 Å². The van der Waals surface area contributed by atoms with E-state index in [4.69, 9.17) is 0 Å². The van der Waals surface area contributed by atoms with Crippen LogP contribution in [-0.4, -0.2) is 25.3 Å². The van der Waals surface area contributed by atoms with Gasteiger partial charge in [0, 0.05) is 12.6 Å². The van der Waals surface area contributed by atoms with Crippen LogP contribution in [-0.2, 0) is 16.4 Å². The van der Waals surface area contributed by atoms with Gasteiger partial charge in [0.15, 0.2) is 0 Å². The Hall–Kier alpha value is -1.65. The van der Waals surface area contributed by atoms with Crippen LogP contribution in [0.5, 0.6) is 0 Å². The SMILES string of the molecule is Cc1ccc2c(c1)C[C@@H]1C[C@@H](c3ccccc3)CN1S2(=O)=O. The molecule has 2 aliphatic rings. The van der Waals surface area contributed by atoms with Gasteiger partial charge in [0.05, 0.1) is 4.90 Å². The molecule has 3 nitrogen and oxygen atoms in total. The molecule has 4 heteroatoms. The highest BCUT2D eigenvalue weighted by atomic mass is 32.2. The summed E-state index contributed by atoms with van der Waals surface area (Å²) in [6, 6.07) is 16.1. The first-order valence-corrected chi connectivity index (χ1v) is 9.16. The molecule has 0 bridgehead atoms. The maximum absolute atomic E-state index is 12.9. The van der Waals surface area contributed by atoms with Gasteiger partial charge in [0.1, 0.15) is 0 Å². The average Bonchev–Trinajstić information content (AvgIpc) is 2.93. The fourth-order valence-corrected chi connectivity index (χ4v) is 5.73. The topological polar surface area (TPSA) is 37.4 Å². The van der Waals surface area contributed by atoms with Gasteiger partial charge in [-0.05, 0) is 42.9 Å². The number of hydrogen-bond acceptors (Lipinski definition) is 2. The zero-order valence-electron chi connectivity index (χ0n) is 12.6. The lowest BCUT2D eigenvalue weighted by molar-refractivity contribution is 0.370. The standard InChI is InChI=1S/C18H19NO2S/c1-13-7-8-18-15(9-13)10-17-11-16(12-19(17)22(18,20)21)14-5-3-2-4-6-14/h2-9,16-17H,10-12H2,1H3/t16-,17-/m1/s1. The predicted octanol–water partition coefficient (Wildman–Crippen LogP) is 3.10. The molecule has 0 amide bonds. The fraction of sp³-hybridized carbons (Fsp3) is 0.333. The van der Waals surface area contributed by atoms with E-state index in [0.717, 1.165) is 24.0 Å². The molecule has 2 atom stereocenters. The van der Waals surface area contributed by atoms with E-state index < -0.39 is 10.0 Å². The van der Waals surface area contributed by atoms with Gasteiger partial charge in [-0.3, -0.25) is 0 Å². The minimum Gasteiger partial charge on any atom is -0.207 e. The minimum atomic E-state index is -3.34. The van der Waals surface area contributed by atoms with Crippen LogP contribution < -0.4 is 0 Å². The highest BCUT2D eigenvalue weighted by Gasteiger charge is 2.44. The summed E-state index contributed by atoms with van der Waals surface area (Å²) in [6.45, 7) is 2.62. The third kappa shape index (κ3) is 2.09. The van der Waals surface area contributed by atoms with Gasteiger partial charge in [-0.1, -0.05) is 48.0 Å². The molecule has 2 heterocycles. The van der Waals surface area contributed by atoms with E-state index in [9.17, 15) is 8.42 Å². The molecule has 0 N–H and O–H groups in total. The van der Waals surface area contributed by atoms with Crippen molar-refractivity contribution in [1.82, 2.24) is 4.31 Å². The molecule has 0 aliphatic carbocycles. The number of benzene rings is 2. The molecule has 4 rings (SSSR count). The van der Waals surface area contributed by atoms with Gasteiger partial charge in [-0.15, -0.1) is 0 Å². The molecule has 2 aromatic rings. The second kappa shape index (κ2) is 4.93. The summed E-state index contributed by atoms with van der Waals surface area (Å²) in [5.74, 6) is 0.302. The molecule has 2 aliphatic heterocycles. The van der Waals surface area contributed by atoms with Crippen molar-refractivity contribution < 1.29 is 8.42 Å². The Balaban J connectivity index is 1.73. The van der Waals surface area contributed by atoms with E-state index in [1.54, 1.807) is 10.4 Å². The first-order chi connectivity index (χ1) is 10.6. The van der Waals surface area contributed by atoms with Gasteiger partial charge < -0.3 is 0 Å². The largest absolute Gasteiger partial charge is 0.243 e. The van der Waals surface area contributed by atoms with E-state index in [1.807, 2.05) is 37.3 Å². The number of sulfonamides is 1. The van der Waals surface area contributed by atoms with Gasteiger partial charge in [-0.25, -0.2) is 8.42 Å². The summed E-state index contributed by atoms with van der Waals surface area (Å²) in [4.78, 5) is 0.503. The lowest BCUT2D eigenvalue weighted by atomic mass is 9.94. The highest BCUT2D eigenvalue weighted by molar-refractivity contribution is 7.89. The zero-order chi connectivity index (χ0) is 15.3. The maximum Gasteiger partial charge on any atom is 0.243 e. The summed E-state index contributed by atoms with van der Waals surface area (Å²) in [7, 11) is -3.34. The lowest BCUT2D eigenvalue weighted by Crippen LogP contribution is -2.41. The van der Waals surface area contributed by atoms with Gasteiger partial charge in [0.2, 0.25) is 10.0 Å². The van der Waals surface area contributed by atoms with Crippen molar-refractivity contribution in [2.45, 2.75) is 36.6 Å². The molecule has 1 saturated heterocycles. The number of rotatable bonds is 1. The molecular weight excluding hydrogens is 294 g/mol. The van der Waals surface area contributed by atoms with Crippen molar-refractivity contribution in [3.05, 3.63) is 65.2 Å². The van der Waals surface area contributed by atoms with E-state index in [1.165, 1.54) is 5.56 Å². The molecule has 0 unspecified atom stereocenters. The van der Waals surface area contributed by atoms with Crippen LogP contribution in [0.15, 0.2) is 53.4 Å². The van der Waals surface area contributed by atoms with E-state index in [-0.39, 0.29) is 6.04 Å². The smallest absolute Gasteiger partial charge is 0.207 e. The molecule has 2 aromatic carbocycles. The predicted molar refractivity (Wildman–Crippen MR) is 86.4 cm³/mol. The summed E-state index contributed by atoms with van der Waals surface area (Å²) in [5.41, 5.74) is 3.35. The van der Waals surface area contributed by atoms with Crippen molar-refractivity contribution in [1.29, 1.82) is 0 Å². The Bertz CT molecular complexity index is 814. The minimum absolute atomic E-state index is 0.101. The Morgan fingerprint density at radius 1 is 1.09 bits per heavy atom. The maximum atomic E-state index is 12.9. The van der Waals surface area contributed by atoms with Crippen LogP contribution in [0.25, 0.3) is 0 Å². The molecule has 114 valence electrons. The molecule has 1 fully saturated rings. The van der Waals surface area contributed by atoms with Crippen LogP contribution in [0.4, 0.5) is 0 Å². The molecule has 0 spiro atoms. The number of fused-ring (bicyclic) bond motifs is 2. The summed E-state index contributed by atoms with van der Waals surface area (Å²) in [6.07, 6.45) is 1.75. The van der Waals surface area contributed by atoms with Gasteiger partial charge in [0.25, 0.3) is 0 Å². The van der Waals surface area contributed by atoms with E-state index in [2.05, 4.69) is 12.1 Å². The van der Waals surface area contributed by atoms with E-state index in [0.29, 0.717) is 17.4 Å². The molecule has 22 heavy (non-hydrogen) atoms. The van der Waals surface area contributed by atoms with Crippen LogP contribution >= 0.6 is 0 Å². The second-order valence-corrected chi connectivity index (χ2v) is 8.25. The Kier molecular flexibility index (Phi) is 3.13. The van der Waals surface area contributed by atoms with Crippen LogP contribution in [0.1, 0.15) is 29.0 Å². The number of nitrogens with zero attached hydrogens (tertiary/aromatic N) is 1. The van der Waals surface area contributed by atoms with Crippen molar-refractivity contribution in [3.8, 4) is 0 Å². The van der Waals surface area contributed by atoms with Crippen LogP contribution in [0.3, 0.4) is 0 Å². The first kappa shape index (κ1) is 14.0. The van der Waals surface area contributed by atoms with Crippen molar-refractivity contribution in [3.63, 3.8) is 0 Å². The molecular formula is C18H19NO2S. The third-order valence-corrected chi connectivity index (χ3v) is 6.91. The Labute approximate surface area is 131 Å². The number of aryl methyl sites for hydroxylation is 1. The molecule has 0 aromatic heterocycles. The zero-order valence-corrected chi connectivity index (χ0v) is 13.4. The summed E-state index contributed by atoms with van der Waals surface area (Å²) < 4.78 is 27.5. The van der Waals surface area contributed by atoms with Crippen LogP contribution in [0.2, 0.25) is 0 Å². The number of hydrogen-bond donors (Lipinski definition) is 0. The van der Waals surface area contributed by atoms with Crippen molar-refractivity contribution in [2.24, 2.45) is 0 Å². The third-order valence-electron chi connectivity index (χ3n) is 4.89. The second-order valence-electron chi connectivity index (χ2n) is 6.39. The normalized spacial score (nSPS) is 26.4. The average molecular weight is 313 g/mol. The molecule has 0 saturated carbocycles.